The van der Waals surface area contributed by atoms with Gasteiger partial charge in [-0.15, -0.1) is 0 Å². The molecule has 1 aromatic rings. The van der Waals surface area contributed by atoms with E-state index in [1.165, 1.54) is 12.8 Å². The van der Waals surface area contributed by atoms with Crippen molar-refractivity contribution in [3.63, 3.8) is 0 Å². The van der Waals surface area contributed by atoms with Crippen LogP contribution in [0.4, 0.5) is 0 Å². The quantitative estimate of drug-likeness (QED) is 0.261. The fourth-order valence-electron chi connectivity index (χ4n) is 5.49. The molecule has 3 unspecified atom stereocenters. The molecule has 1 aliphatic rings. The zero-order chi connectivity index (χ0) is 31.4. The number of unbranched alkanes of at least 4 members (excludes halogenated alkanes) is 5. The molecular weight excluding hydrogens is 522 g/mol. The van der Waals surface area contributed by atoms with E-state index in [0.717, 1.165) is 84.1 Å². The number of hydrogen-bond acceptors (Lipinski definition) is 5. The number of carbonyl (C=O) groups excluding carboxylic acids is 2. The molecule has 2 N–H and O–H groups in total. The monoisotopic (exact) mass is 581 g/mol. The Hall–Kier alpha value is -2.42. The molecule has 0 aliphatic carbocycles. The molecule has 0 spiro atoms. The van der Waals surface area contributed by atoms with Gasteiger partial charge in [0.1, 0.15) is 18.4 Å². The number of amides is 1. The molecule has 9 nitrogen and oxygen atoms in total. The number of aliphatic hydroxyl groups is 1. The number of aryl methyl sites for hydroxylation is 2. The summed E-state index contributed by atoms with van der Waals surface area (Å²) < 4.78 is 4.28. The molecule has 0 bridgehead atoms. The molecular formula is C32H59N3O6. The lowest BCUT2D eigenvalue weighted by atomic mass is 9.67. The summed E-state index contributed by atoms with van der Waals surface area (Å²) in [4.78, 5) is 36.7. The van der Waals surface area contributed by atoms with Crippen molar-refractivity contribution in [3.05, 3.63) is 18.7 Å². The highest BCUT2D eigenvalue weighted by Gasteiger charge is 2.59. The lowest BCUT2D eigenvalue weighted by Gasteiger charge is -2.34. The first kappa shape index (κ1) is 38.6. The Morgan fingerprint density at radius 1 is 0.951 bits per heavy atom. The summed E-state index contributed by atoms with van der Waals surface area (Å²) in [7, 11) is 2.04. The van der Waals surface area contributed by atoms with Gasteiger partial charge >= 0.3 is 5.97 Å². The minimum Gasteiger partial charge on any atom is -0.547 e. The van der Waals surface area contributed by atoms with Gasteiger partial charge in [0, 0.05) is 12.5 Å². The third-order valence-corrected chi connectivity index (χ3v) is 7.88. The van der Waals surface area contributed by atoms with Crippen LogP contribution in [0.5, 0.6) is 0 Å². The number of aliphatic carboxylic acids is 2. The second kappa shape index (κ2) is 21.3. The van der Waals surface area contributed by atoms with Crippen LogP contribution in [-0.2, 0) is 28.0 Å². The van der Waals surface area contributed by atoms with Gasteiger partial charge in [0.05, 0.1) is 31.1 Å². The summed E-state index contributed by atoms with van der Waals surface area (Å²) in [5.41, 5.74) is -0.446. The Balaban J connectivity index is 0.000000811. The molecule has 1 fully saturated rings. The number of rotatable bonds is 17. The van der Waals surface area contributed by atoms with Crippen molar-refractivity contribution in [2.24, 2.45) is 18.4 Å². The molecule has 9 heteroatoms. The van der Waals surface area contributed by atoms with Gasteiger partial charge < -0.3 is 25.0 Å². The van der Waals surface area contributed by atoms with Crippen LogP contribution in [0.25, 0.3) is 0 Å². The first-order valence-corrected chi connectivity index (χ1v) is 15.9. The minimum absolute atomic E-state index is 0.0348. The minimum atomic E-state index is -1.44. The lowest BCUT2D eigenvalue weighted by Crippen LogP contribution is -2.41. The lowest BCUT2D eigenvalue weighted by molar-refractivity contribution is -0.671. The number of carboxylic acid groups (broad SMARTS) is 2. The molecule has 2 rings (SSSR count). The third kappa shape index (κ3) is 13.0. The molecule has 0 radical (unpaired) electrons. The summed E-state index contributed by atoms with van der Waals surface area (Å²) in [6.45, 7) is 13.6. The molecule has 3 atom stereocenters. The molecule has 41 heavy (non-hydrogen) atoms. The van der Waals surface area contributed by atoms with Crippen LogP contribution in [0.3, 0.4) is 0 Å². The highest BCUT2D eigenvalue weighted by atomic mass is 16.4. The predicted molar refractivity (Wildman–Crippen MR) is 160 cm³/mol. The molecule has 1 amide bonds. The summed E-state index contributed by atoms with van der Waals surface area (Å²) in [6.07, 6.45) is 18.1. The molecule has 1 aliphatic heterocycles. The van der Waals surface area contributed by atoms with Gasteiger partial charge in [-0.05, 0) is 39.0 Å². The van der Waals surface area contributed by atoms with Crippen LogP contribution in [0.2, 0.25) is 0 Å². The van der Waals surface area contributed by atoms with Crippen molar-refractivity contribution in [2.75, 3.05) is 6.54 Å². The Morgan fingerprint density at radius 3 is 1.83 bits per heavy atom. The summed E-state index contributed by atoms with van der Waals surface area (Å²) in [5.74, 6) is -2.14. The summed E-state index contributed by atoms with van der Waals surface area (Å²) in [6, 6.07) is -0.626. The molecule has 1 aromatic heterocycles. The van der Waals surface area contributed by atoms with Crippen LogP contribution in [0.1, 0.15) is 125 Å². The molecule has 0 aromatic carbocycles. The maximum atomic E-state index is 13.5. The van der Waals surface area contributed by atoms with Crippen LogP contribution in [0.15, 0.2) is 18.7 Å². The van der Waals surface area contributed by atoms with Gasteiger partial charge in [-0.2, -0.15) is 0 Å². The maximum absolute atomic E-state index is 13.5. The second-order valence-electron chi connectivity index (χ2n) is 11.4. The third-order valence-electron chi connectivity index (χ3n) is 7.88. The average molecular weight is 582 g/mol. The summed E-state index contributed by atoms with van der Waals surface area (Å²) >= 11 is 0. The van der Waals surface area contributed by atoms with Crippen molar-refractivity contribution >= 4 is 17.8 Å². The maximum Gasteiger partial charge on any atom is 0.326 e. The standard InChI is InChI=1S/C21H39NO3.C8H15N2.C3H6O3/c1-5-9-13-17-18(19(23)24)22(16-12-8-4)20(25)21(17,14-10-6-2)15-11-7-3;1-3-4-5-10-7-6-9(2)8-10;1-2(4)3(5)6/h17-18H,5-16H2,1-4H3,(H,23,24);6-8H,3-5H2,1-2H3;2,4H,1H3,(H,5,6)/q;+1;/p-1. The van der Waals surface area contributed by atoms with Crippen molar-refractivity contribution in [1.29, 1.82) is 0 Å². The zero-order valence-electron chi connectivity index (χ0n) is 26.9. The fraction of sp³-hybridized carbons (Fsp3) is 0.812. The number of hydrogen-bond donors (Lipinski definition) is 2. The van der Waals surface area contributed by atoms with Gasteiger partial charge in [-0.3, -0.25) is 4.79 Å². The number of aromatic nitrogens is 2. The van der Waals surface area contributed by atoms with E-state index in [-0.39, 0.29) is 11.8 Å². The first-order valence-electron chi connectivity index (χ1n) is 15.9. The Labute approximate surface area is 248 Å². The molecule has 0 saturated carbocycles. The van der Waals surface area contributed by atoms with Crippen LogP contribution < -0.4 is 9.67 Å². The van der Waals surface area contributed by atoms with Gasteiger partial charge in [0.15, 0.2) is 0 Å². The molecule has 1 saturated heterocycles. The average Bonchev–Trinajstić information content (AvgIpc) is 3.45. The normalized spacial score (nSPS) is 18.2. The van der Waals surface area contributed by atoms with Gasteiger partial charge in [0.2, 0.25) is 12.2 Å². The number of aliphatic hydroxyl groups excluding tert-OH is 1. The molecule has 238 valence electrons. The first-order chi connectivity index (χ1) is 19.5. The largest absolute Gasteiger partial charge is 0.547 e. The number of carboxylic acids is 2. The Bertz CT molecular complexity index is 861. The van der Waals surface area contributed by atoms with Crippen LogP contribution >= 0.6 is 0 Å². The predicted octanol–water partition coefficient (Wildman–Crippen LogP) is 4.48. The van der Waals surface area contributed by atoms with Crippen molar-refractivity contribution in [3.8, 4) is 0 Å². The van der Waals surface area contributed by atoms with E-state index in [1.807, 2.05) is 7.05 Å². The fourth-order valence-corrected chi connectivity index (χ4v) is 5.49. The highest BCUT2D eigenvalue weighted by Crippen LogP contribution is 2.51. The number of carbonyl (C=O) groups is 3. The van der Waals surface area contributed by atoms with Gasteiger partial charge in [0.25, 0.3) is 0 Å². The highest BCUT2D eigenvalue weighted by molar-refractivity contribution is 5.92. The van der Waals surface area contributed by atoms with Crippen molar-refractivity contribution < 1.29 is 34.3 Å². The smallest absolute Gasteiger partial charge is 0.326 e. The van der Waals surface area contributed by atoms with Gasteiger partial charge in [-0.1, -0.05) is 86.0 Å². The van der Waals surface area contributed by atoms with E-state index < -0.39 is 29.5 Å². The van der Waals surface area contributed by atoms with E-state index in [0.29, 0.717) is 6.54 Å². The zero-order valence-corrected chi connectivity index (χ0v) is 26.9. The Kier molecular flexibility index (Phi) is 20.0. The number of imidazole rings is 1. The van der Waals surface area contributed by atoms with E-state index in [1.54, 1.807) is 4.90 Å². The van der Waals surface area contributed by atoms with E-state index >= 15 is 0 Å². The van der Waals surface area contributed by atoms with Crippen LogP contribution in [0, 0.1) is 11.3 Å². The topological polar surface area (TPSA) is 127 Å². The number of nitrogens with zero attached hydrogens (tertiary/aromatic N) is 3. The van der Waals surface area contributed by atoms with E-state index in [2.05, 4.69) is 62.5 Å². The van der Waals surface area contributed by atoms with E-state index in [9.17, 15) is 24.6 Å². The SMILES string of the molecule is CC(O)C(=O)[O-].CCCCC1C(C(=O)O)N(CCCC)C(=O)C1(CCCC)CCCC.CCCCn1cc[n+](C)c1. The van der Waals surface area contributed by atoms with Crippen molar-refractivity contribution in [2.45, 2.75) is 144 Å². The van der Waals surface area contributed by atoms with Gasteiger partial charge in [-0.25, -0.2) is 13.9 Å². The molecule has 2 heterocycles. The van der Waals surface area contributed by atoms with Crippen LogP contribution in [-0.4, -0.2) is 56.2 Å². The second-order valence-corrected chi connectivity index (χ2v) is 11.4. The summed E-state index contributed by atoms with van der Waals surface area (Å²) in [5, 5.41) is 27.3. The number of likely N-dealkylation sites (tertiary alicyclic amines) is 1. The van der Waals surface area contributed by atoms with Crippen molar-refractivity contribution in [1.82, 2.24) is 9.47 Å². The van der Waals surface area contributed by atoms with E-state index in [4.69, 9.17) is 5.11 Å². The Morgan fingerprint density at radius 2 is 1.44 bits per heavy atom.